The van der Waals surface area contributed by atoms with Gasteiger partial charge in [-0.15, -0.1) is 12.3 Å². The molecule has 1 aromatic heterocycles. The lowest BCUT2D eigenvalue weighted by Gasteiger charge is -2.16. The molecule has 0 radical (unpaired) electrons. The van der Waals surface area contributed by atoms with Crippen LogP contribution in [0, 0.1) is 24.2 Å². The molecule has 1 saturated carbocycles. The zero-order valence-electron chi connectivity index (χ0n) is 18.3. The minimum absolute atomic E-state index is 0.533. The standard InChI is InChI=1S/C28H32N2/c1-4-5-8-25(23-12-13-23)17-22-10-11-26(18-22)27-14-15-29-28(30-27)19-21-7-6-9-24(16-21)20(2)3/h1,6-7,9-11,14-16,20,23,25H,5,8,12-13,17-19H2,2-3H3. The summed E-state index contributed by atoms with van der Waals surface area (Å²) >= 11 is 0. The second kappa shape index (κ2) is 9.43. The molecule has 0 saturated heterocycles. The number of rotatable bonds is 9. The zero-order valence-corrected chi connectivity index (χ0v) is 18.3. The first kappa shape index (κ1) is 20.6. The Morgan fingerprint density at radius 2 is 2.03 bits per heavy atom. The molecule has 0 amide bonds. The number of benzene rings is 1. The molecule has 2 heteroatoms. The lowest BCUT2D eigenvalue weighted by Crippen LogP contribution is -2.05. The second-order valence-electron chi connectivity index (χ2n) is 9.17. The molecule has 0 spiro atoms. The zero-order chi connectivity index (χ0) is 20.9. The summed E-state index contributed by atoms with van der Waals surface area (Å²) in [5.74, 6) is 5.91. The highest BCUT2D eigenvalue weighted by Gasteiger charge is 2.31. The molecule has 1 fully saturated rings. The molecule has 2 aromatic rings. The predicted molar refractivity (Wildman–Crippen MR) is 125 cm³/mol. The van der Waals surface area contributed by atoms with E-state index in [2.05, 4.69) is 61.2 Å². The topological polar surface area (TPSA) is 25.8 Å². The van der Waals surface area contributed by atoms with Crippen molar-refractivity contribution in [2.75, 3.05) is 0 Å². The van der Waals surface area contributed by atoms with Crippen molar-refractivity contribution in [3.05, 3.63) is 76.9 Å². The monoisotopic (exact) mass is 396 g/mol. The van der Waals surface area contributed by atoms with Crippen LogP contribution in [0.3, 0.4) is 0 Å². The molecule has 1 aromatic carbocycles. The van der Waals surface area contributed by atoms with Gasteiger partial charge in [-0.05, 0) is 72.6 Å². The summed E-state index contributed by atoms with van der Waals surface area (Å²) < 4.78 is 0. The number of nitrogens with zero attached hydrogens (tertiary/aromatic N) is 2. The van der Waals surface area contributed by atoms with Crippen molar-refractivity contribution in [2.24, 2.45) is 11.8 Å². The first-order valence-corrected chi connectivity index (χ1v) is 11.4. The van der Waals surface area contributed by atoms with E-state index in [0.717, 1.165) is 42.6 Å². The minimum Gasteiger partial charge on any atom is -0.241 e. The average molecular weight is 397 g/mol. The number of aromatic nitrogens is 2. The van der Waals surface area contributed by atoms with Crippen molar-refractivity contribution in [2.45, 2.75) is 64.7 Å². The molecule has 30 heavy (non-hydrogen) atoms. The summed E-state index contributed by atoms with van der Waals surface area (Å²) in [5.41, 5.74) is 6.56. The molecule has 2 aliphatic carbocycles. The van der Waals surface area contributed by atoms with E-state index in [0.29, 0.717) is 5.92 Å². The van der Waals surface area contributed by atoms with Crippen molar-refractivity contribution >= 4 is 5.57 Å². The Hall–Kier alpha value is -2.66. The second-order valence-corrected chi connectivity index (χ2v) is 9.17. The summed E-state index contributed by atoms with van der Waals surface area (Å²) in [5, 5.41) is 0. The molecule has 2 aliphatic rings. The van der Waals surface area contributed by atoms with Crippen LogP contribution in [0.15, 0.2) is 54.3 Å². The molecular formula is C28H32N2. The Morgan fingerprint density at radius 1 is 1.17 bits per heavy atom. The van der Waals surface area contributed by atoms with Gasteiger partial charge in [-0.1, -0.05) is 55.8 Å². The lowest BCUT2D eigenvalue weighted by atomic mass is 9.89. The highest BCUT2D eigenvalue weighted by molar-refractivity contribution is 5.70. The molecule has 0 aliphatic heterocycles. The number of allylic oxidation sites excluding steroid dienone is 4. The van der Waals surface area contributed by atoms with Gasteiger partial charge in [0.15, 0.2) is 0 Å². The third-order valence-corrected chi connectivity index (χ3v) is 6.42. The fourth-order valence-corrected chi connectivity index (χ4v) is 4.48. The van der Waals surface area contributed by atoms with E-state index in [-0.39, 0.29) is 0 Å². The van der Waals surface area contributed by atoms with Gasteiger partial charge in [0.05, 0.1) is 5.69 Å². The highest BCUT2D eigenvalue weighted by atomic mass is 14.9. The van der Waals surface area contributed by atoms with Crippen LogP contribution < -0.4 is 0 Å². The average Bonchev–Trinajstić information content (AvgIpc) is 3.49. The summed E-state index contributed by atoms with van der Waals surface area (Å²) in [7, 11) is 0. The molecule has 0 N–H and O–H groups in total. The maximum atomic E-state index is 5.51. The van der Waals surface area contributed by atoms with E-state index >= 15 is 0 Å². The van der Waals surface area contributed by atoms with E-state index in [1.54, 1.807) is 0 Å². The molecule has 1 heterocycles. The van der Waals surface area contributed by atoms with Crippen LogP contribution in [0.4, 0.5) is 0 Å². The van der Waals surface area contributed by atoms with Gasteiger partial charge < -0.3 is 0 Å². The first-order valence-electron chi connectivity index (χ1n) is 11.4. The van der Waals surface area contributed by atoms with Crippen molar-refractivity contribution in [3.63, 3.8) is 0 Å². The van der Waals surface area contributed by atoms with E-state index in [1.165, 1.54) is 48.0 Å². The minimum atomic E-state index is 0.533. The SMILES string of the molecule is C#CCCC(CC1=CC=C(c2ccnc(Cc3cccc(C(C)C)c3)n2)C1)C1CC1. The molecule has 4 rings (SSSR count). The predicted octanol–water partition coefficient (Wildman–Crippen LogP) is 6.73. The smallest absolute Gasteiger partial charge is 0.133 e. The van der Waals surface area contributed by atoms with E-state index in [1.807, 2.05) is 12.3 Å². The van der Waals surface area contributed by atoms with Crippen LogP contribution in [0.25, 0.3) is 5.57 Å². The van der Waals surface area contributed by atoms with Crippen LogP contribution in [-0.2, 0) is 6.42 Å². The van der Waals surface area contributed by atoms with Crippen LogP contribution in [0.2, 0.25) is 0 Å². The van der Waals surface area contributed by atoms with Gasteiger partial charge in [0, 0.05) is 19.0 Å². The third-order valence-electron chi connectivity index (χ3n) is 6.42. The Morgan fingerprint density at radius 3 is 2.80 bits per heavy atom. The maximum absolute atomic E-state index is 5.51. The van der Waals surface area contributed by atoms with Gasteiger partial charge in [-0.25, -0.2) is 9.97 Å². The van der Waals surface area contributed by atoms with Crippen molar-refractivity contribution in [1.29, 1.82) is 0 Å². The van der Waals surface area contributed by atoms with Crippen LogP contribution in [-0.4, -0.2) is 9.97 Å². The van der Waals surface area contributed by atoms with Crippen molar-refractivity contribution in [1.82, 2.24) is 9.97 Å². The number of hydrogen-bond donors (Lipinski definition) is 0. The molecule has 0 bridgehead atoms. The quantitative estimate of drug-likeness (QED) is 0.439. The summed E-state index contributed by atoms with van der Waals surface area (Å²) in [6.07, 6.45) is 19.8. The van der Waals surface area contributed by atoms with Gasteiger partial charge in [0.25, 0.3) is 0 Å². The Kier molecular flexibility index (Phi) is 6.48. The lowest BCUT2D eigenvalue weighted by molar-refractivity contribution is 0.429. The maximum Gasteiger partial charge on any atom is 0.133 e. The van der Waals surface area contributed by atoms with Gasteiger partial charge in [0.2, 0.25) is 0 Å². The number of terminal acetylenes is 1. The van der Waals surface area contributed by atoms with E-state index in [4.69, 9.17) is 11.4 Å². The van der Waals surface area contributed by atoms with Crippen LogP contribution in [0.5, 0.6) is 0 Å². The Labute approximate surface area is 181 Å². The Bertz CT molecular complexity index is 986. The van der Waals surface area contributed by atoms with Gasteiger partial charge in [-0.3, -0.25) is 0 Å². The van der Waals surface area contributed by atoms with Crippen LogP contribution >= 0.6 is 0 Å². The largest absolute Gasteiger partial charge is 0.241 e. The molecular weight excluding hydrogens is 364 g/mol. The summed E-state index contributed by atoms with van der Waals surface area (Å²) in [4.78, 5) is 9.44. The molecule has 1 atom stereocenters. The number of hydrogen-bond acceptors (Lipinski definition) is 2. The van der Waals surface area contributed by atoms with Gasteiger partial charge >= 0.3 is 0 Å². The third kappa shape index (κ3) is 5.28. The Balaban J connectivity index is 1.39. The first-order chi connectivity index (χ1) is 14.6. The summed E-state index contributed by atoms with van der Waals surface area (Å²) in [6, 6.07) is 10.8. The fourth-order valence-electron chi connectivity index (χ4n) is 4.48. The normalized spacial score (nSPS) is 16.9. The van der Waals surface area contributed by atoms with Crippen LogP contribution in [0.1, 0.15) is 80.9 Å². The van der Waals surface area contributed by atoms with Crippen molar-refractivity contribution < 1.29 is 0 Å². The van der Waals surface area contributed by atoms with Crippen molar-refractivity contribution in [3.8, 4) is 12.3 Å². The van der Waals surface area contributed by atoms with E-state index < -0.39 is 0 Å². The molecule has 1 unspecified atom stereocenters. The molecule has 154 valence electrons. The molecule has 2 nitrogen and oxygen atoms in total. The van der Waals surface area contributed by atoms with Gasteiger partial charge in [-0.2, -0.15) is 0 Å². The fraction of sp³-hybridized carbons (Fsp3) is 0.429. The highest BCUT2D eigenvalue weighted by Crippen LogP contribution is 2.43. The summed E-state index contributed by atoms with van der Waals surface area (Å²) in [6.45, 7) is 4.46. The van der Waals surface area contributed by atoms with E-state index in [9.17, 15) is 0 Å². The van der Waals surface area contributed by atoms with Gasteiger partial charge in [0.1, 0.15) is 5.82 Å².